The van der Waals surface area contributed by atoms with Crippen LogP contribution in [0.1, 0.15) is 45.8 Å². The summed E-state index contributed by atoms with van der Waals surface area (Å²) in [4.78, 5) is 0. The van der Waals surface area contributed by atoms with Crippen molar-refractivity contribution in [1.82, 2.24) is 0 Å². The molecule has 1 saturated carbocycles. The third-order valence-corrected chi connectivity index (χ3v) is 5.52. The van der Waals surface area contributed by atoms with Gasteiger partial charge in [-0.3, -0.25) is 0 Å². The minimum atomic E-state index is -0.0676. The summed E-state index contributed by atoms with van der Waals surface area (Å²) < 4.78 is 6.10. The van der Waals surface area contributed by atoms with Crippen LogP contribution < -0.4 is 5.73 Å². The van der Waals surface area contributed by atoms with Crippen molar-refractivity contribution in [2.24, 2.45) is 17.6 Å². The van der Waals surface area contributed by atoms with Gasteiger partial charge >= 0.3 is 0 Å². The molecule has 1 heterocycles. The Balaban J connectivity index is 1.97. The van der Waals surface area contributed by atoms with Crippen molar-refractivity contribution in [2.45, 2.75) is 51.5 Å². The Labute approximate surface area is 131 Å². The molecule has 1 aliphatic rings. The molecule has 2 nitrogen and oxygen atoms in total. The second-order valence-corrected chi connectivity index (χ2v) is 7.59. The topological polar surface area (TPSA) is 39.2 Å². The number of para-hydroxylation sites is 1. The van der Waals surface area contributed by atoms with Gasteiger partial charge in [0, 0.05) is 16.8 Å². The third kappa shape index (κ3) is 2.60. The van der Waals surface area contributed by atoms with Crippen LogP contribution in [0.2, 0.25) is 5.02 Å². The van der Waals surface area contributed by atoms with Gasteiger partial charge < -0.3 is 10.2 Å². The zero-order chi connectivity index (χ0) is 15.2. The first-order chi connectivity index (χ1) is 9.89. The van der Waals surface area contributed by atoms with E-state index in [4.69, 9.17) is 21.8 Å². The summed E-state index contributed by atoms with van der Waals surface area (Å²) in [6.45, 7) is 6.79. The zero-order valence-corrected chi connectivity index (χ0v) is 13.8. The molecule has 2 aromatic rings. The largest absolute Gasteiger partial charge is 0.459 e. The number of furan rings is 1. The molecule has 1 aromatic heterocycles. The summed E-state index contributed by atoms with van der Waals surface area (Å²) in [6, 6.07) is 8.26. The molecule has 0 radical (unpaired) electrons. The lowest BCUT2D eigenvalue weighted by molar-refractivity contribution is 0.154. The van der Waals surface area contributed by atoms with Crippen molar-refractivity contribution in [2.75, 3.05) is 0 Å². The van der Waals surface area contributed by atoms with Crippen LogP contribution in [0, 0.1) is 11.8 Å². The van der Waals surface area contributed by atoms with Gasteiger partial charge in [-0.2, -0.15) is 0 Å². The van der Waals surface area contributed by atoms with E-state index in [0.29, 0.717) is 10.9 Å². The fourth-order valence-electron chi connectivity index (χ4n) is 3.85. The maximum Gasteiger partial charge on any atom is 0.152 e. The second kappa shape index (κ2) is 5.33. The summed E-state index contributed by atoms with van der Waals surface area (Å²) in [5.74, 6) is 2.19. The highest BCUT2D eigenvalue weighted by Crippen LogP contribution is 2.43. The number of fused-ring (bicyclic) bond motifs is 1. The SMILES string of the molecule is CC1CCC(C(C)(C)c2cc3cccc(Cl)c3o2)C(N)C1. The summed E-state index contributed by atoms with van der Waals surface area (Å²) in [7, 11) is 0. The summed E-state index contributed by atoms with van der Waals surface area (Å²) in [6.07, 6.45) is 3.53. The van der Waals surface area contributed by atoms with E-state index in [1.54, 1.807) is 0 Å². The van der Waals surface area contributed by atoms with Crippen molar-refractivity contribution < 1.29 is 4.42 Å². The van der Waals surface area contributed by atoms with E-state index in [9.17, 15) is 0 Å². The van der Waals surface area contributed by atoms with Crippen molar-refractivity contribution in [1.29, 1.82) is 0 Å². The van der Waals surface area contributed by atoms with Gasteiger partial charge in [0.1, 0.15) is 5.76 Å². The maximum absolute atomic E-state index is 6.45. The van der Waals surface area contributed by atoms with Crippen LogP contribution in [0.25, 0.3) is 11.0 Å². The Morgan fingerprint density at radius 1 is 1.29 bits per heavy atom. The van der Waals surface area contributed by atoms with Crippen LogP contribution in [-0.4, -0.2) is 6.04 Å². The van der Waals surface area contributed by atoms with Gasteiger partial charge in [0.05, 0.1) is 5.02 Å². The highest BCUT2D eigenvalue weighted by atomic mass is 35.5. The van der Waals surface area contributed by atoms with E-state index in [1.807, 2.05) is 18.2 Å². The van der Waals surface area contributed by atoms with E-state index < -0.39 is 0 Å². The first-order valence-electron chi connectivity index (χ1n) is 7.83. The number of rotatable bonds is 2. The highest BCUT2D eigenvalue weighted by molar-refractivity contribution is 6.34. The minimum Gasteiger partial charge on any atom is -0.459 e. The number of hydrogen-bond acceptors (Lipinski definition) is 2. The summed E-state index contributed by atoms with van der Waals surface area (Å²) in [5, 5.41) is 1.75. The minimum absolute atomic E-state index is 0.0676. The van der Waals surface area contributed by atoms with Crippen molar-refractivity contribution in [3.63, 3.8) is 0 Å². The molecular formula is C18H24ClNO. The average Bonchev–Trinajstić information content (AvgIpc) is 2.84. The smallest absolute Gasteiger partial charge is 0.152 e. The standard InChI is InChI=1S/C18H24ClNO/c1-11-7-8-13(15(20)9-11)18(2,3)16-10-12-5-4-6-14(19)17(12)21-16/h4-6,10-11,13,15H,7-9,20H2,1-3H3. The van der Waals surface area contributed by atoms with E-state index in [1.165, 1.54) is 12.8 Å². The molecule has 3 rings (SSSR count). The van der Waals surface area contributed by atoms with Gasteiger partial charge in [0.2, 0.25) is 0 Å². The van der Waals surface area contributed by atoms with Crippen LogP contribution >= 0.6 is 11.6 Å². The molecule has 1 fully saturated rings. The summed E-state index contributed by atoms with van der Waals surface area (Å²) >= 11 is 6.24. The quantitative estimate of drug-likeness (QED) is 0.835. The molecule has 1 aromatic carbocycles. The van der Waals surface area contributed by atoms with Crippen molar-refractivity contribution >= 4 is 22.6 Å². The van der Waals surface area contributed by atoms with Gasteiger partial charge in [-0.1, -0.05) is 50.9 Å². The average molecular weight is 306 g/mol. The molecule has 0 bridgehead atoms. The molecule has 3 heteroatoms. The van der Waals surface area contributed by atoms with Gasteiger partial charge in [0.25, 0.3) is 0 Å². The number of benzene rings is 1. The maximum atomic E-state index is 6.45. The lowest BCUT2D eigenvalue weighted by Crippen LogP contribution is -2.45. The Morgan fingerprint density at radius 3 is 2.71 bits per heavy atom. The number of nitrogens with two attached hydrogens (primary N) is 1. The Bertz CT molecular complexity index is 646. The fourth-order valence-corrected chi connectivity index (χ4v) is 4.07. The van der Waals surface area contributed by atoms with Gasteiger partial charge in [-0.15, -0.1) is 0 Å². The first-order valence-corrected chi connectivity index (χ1v) is 8.21. The number of hydrogen-bond donors (Lipinski definition) is 1. The van der Waals surface area contributed by atoms with E-state index in [0.717, 1.165) is 29.1 Å². The third-order valence-electron chi connectivity index (χ3n) is 5.22. The lowest BCUT2D eigenvalue weighted by Gasteiger charge is -2.41. The van der Waals surface area contributed by atoms with Crippen molar-refractivity contribution in [3.8, 4) is 0 Å². The predicted molar refractivity (Wildman–Crippen MR) is 88.7 cm³/mol. The van der Waals surface area contributed by atoms with Gasteiger partial charge in [-0.25, -0.2) is 0 Å². The lowest BCUT2D eigenvalue weighted by atomic mass is 9.65. The molecule has 0 spiro atoms. The molecule has 3 atom stereocenters. The molecule has 114 valence electrons. The highest BCUT2D eigenvalue weighted by Gasteiger charge is 2.40. The normalized spacial score (nSPS) is 27.2. The molecule has 0 aliphatic heterocycles. The van der Waals surface area contributed by atoms with Crippen LogP contribution in [0.3, 0.4) is 0 Å². The fraction of sp³-hybridized carbons (Fsp3) is 0.556. The second-order valence-electron chi connectivity index (χ2n) is 7.18. The molecule has 3 unspecified atom stereocenters. The van der Waals surface area contributed by atoms with Crippen molar-refractivity contribution in [3.05, 3.63) is 35.0 Å². The molecule has 0 amide bonds. The Hall–Kier alpha value is -0.990. The van der Waals surface area contributed by atoms with Crippen LogP contribution in [-0.2, 0) is 5.41 Å². The molecule has 21 heavy (non-hydrogen) atoms. The Kier molecular flexibility index (Phi) is 3.79. The van der Waals surface area contributed by atoms with Gasteiger partial charge in [0.15, 0.2) is 5.58 Å². The Morgan fingerprint density at radius 2 is 2.05 bits per heavy atom. The zero-order valence-electron chi connectivity index (χ0n) is 13.0. The van der Waals surface area contributed by atoms with E-state index in [-0.39, 0.29) is 11.5 Å². The molecular weight excluding hydrogens is 282 g/mol. The molecule has 2 N–H and O–H groups in total. The van der Waals surface area contributed by atoms with Crippen LogP contribution in [0.15, 0.2) is 28.7 Å². The molecule has 0 saturated heterocycles. The van der Waals surface area contributed by atoms with Crippen LogP contribution in [0.5, 0.6) is 0 Å². The van der Waals surface area contributed by atoms with Gasteiger partial charge in [-0.05, 0) is 36.8 Å². The summed E-state index contributed by atoms with van der Waals surface area (Å²) in [5.41, 5.74) is 7.17. The van der Waals surface area contributed by atoms with E-state index in [2.05, 4.69) is 26.8 Å². The van der Waals surface area contributed by atoms with E-state index >= 15 is 0 Å². The predicted octanol–water partition coefficient (Wildman–Crippen LogP) is 5.13. The molecule has 1 aliphatic carbocycles. The van der Waals surface area contributed by atoms with Crippen LogP contribution in [0.4, 0.5) is 0 Å². The first kappa shape index (κ1) is 14.9. The monoisotopic (exact) mass is 305 g/mol. The number of halogens is 1.